The van der Waals surface area contributed by atoms with E-state index in [1.807, 2.05) is 52.0 Å². The van der Waals surface area contributed by atoms with Gasteiger partial charge in [0, 0.05) is 68.3 Å². The van der Waals surface area contributed by atoms with Gasteiger partial charge in [0.25, 0.3) is 0 Å². The van der Waals surface area contributed by atoms with Crippen molar-refractivity contribution in [1.29, 1.82) is 0 Å². The van der Waals surface area contributed by atoms with Gasteiger partial charge in [0.2, 0.25) is 0 Å². The fraction of sp³-hybridized carbons (Fsp3) is 0.246. The number of fused-ring (bicyclic) bond motifs is 4. The number of hydrogen-bond acceptors (Lipinski definition) is 8. The second kappa shape index (κ2) is 23.3. The third kappa shape index (κ3) is 10.8. The highest BCUT2D eigenvalue weighted by Gasteiger charge is 2.51. The van der Waals surface area contributed by atoms with Gasteiger partial charge in [0.15, 0.2) is 18.9 Å². The Balaban J connectivity index is 0.000000161. The summed E-state index contributed by atoms with van der Waals surface area (Å²) in [6.07, 6.45) is -1.11. The van der Waals surface area contributed by atoms with Gasteiger partial charge in [-0.25, -0.2) is 0 Å². The van der Waals surface area contributed by atoms with E-state index in [1.54, 1.807) is 42.7 Å². The Labute approximate surface area is 440 Å². The maximum absolute atomic E-state index is 6.02. The van der Waals surface area contributed by atoms with E-state index in [9.17, 15) is 0 Å². The predicted octanol–water partition coefficient (Wildman–Crippen LogP) is 15.7. The molecule has 1 saturated heterocycles. The van der Waals surface area contributed by atoms with Crippen LogP contribution in [0.5, 0.6) is 0 Å². The maximum Gasteiger partial charge on any atom is 0.494 e. The van der Waals surface area contributed by atoms with E-state index in [-0.39, 0.29) is 37.2 Å². The molecule has 11 heteroatoms. The van der Waals surface area contributed by atoms with Crippen molar-refractivity contribution in [3.63, 3.8) is 0 Å². The van der Waals surface area contributed by atoms with Crippen molar-refractivity contribution < 1.29 is 37.7 Å². The second-order valence-electron chi connectivity index (χ2n) is 18.5. The van der Waals surface area contributed by atoms with Gasteiger partial charge in [-0.05, 0) is 130 Å². The molecule has 1 aliphatic rings. The highest BCUT2D eigenvalue weighted by atomic mass is 79.9. The number of ether oxygens (including phenoxy) is 6. The summed E-state index contributed by atoms with van der Waals surface area (Å²) in [5.74, 6) is 0. The average Bonchev–Trinajstić information content (AvgIpc) is 3.64. The van der Waals surface area contributed by atoms with Crippen LogP contribution >= 0.6 is 31.9 Å². The van der Waals surface area contributed by atoms with Crippen LogP contribution in [0.4, 0.5) is 0 Å². The van der Waals surface area contributed by atoms with Gasteiger partial charge in [-0.2, -0.15) is 0 Å². The van der Waals surface area contributed by atoms with Crippen molar-refractivity contribution in [2.75, 3.05) is 42.7 Å². The van der Waals surface area contributed by atoms with Crippen molar-refractivity contribution in [2.24, 2.45) is 0 Å². The van der Waals surface area contributed by atoms with Crippen molar-refractivity contribution in [3.8, 4) is 22.3 Å². The molecule has 0 aromatic heterocycles. The lowest BCUT2D eigenvalue weighted by Crippen LogP contribution is -2.41. The van der Waals surface area contributed by atoms with Gasteiger partial charge in [0.1, 0.15) is 0 Å². The van der Waals surface area contributed by atoms with Crippen LogP contribution in [-0.4, -0.2) is 61.0 Å². The van der Waals surface area contributed by atoms with E-state index >= 15 is 0 Å². The lowest BCUT2D eigenvalue weighted by molar-refractivity contribution is -0.106. The normalized spacial score (nSPS) is 14.1. The molecule has 9 aromatic carbocycles. The summed E-state index contributed by atoms with van der Waals surface area (Å²) < 4.78 is 46.6. The van der Waals surface area contributed by atoms with Crippen LogP contribution in [0, 0.1) is 0 Å². The average molecular weight is 1090 g/mol. The van der Waals surface area contributed by atoms with Crippen molar-refractivity contribution >= 4 is 87.5 Å². The van der Waals surface area contributed by atoms with Gasteiger partial charge in [-0.1, -0.05) is 170 Å². The Bertz CT molecular complexity index is 2960. The molecule has 9 aromatic rings. The van der Waals surface area contributed by atoms with Crippen LogP contribution in [0.3, 0.4) is 0 Å². The van der Waals surface area contributed by atoms with Crippen molar-refractivity contribution in [2.45, 2.75) is 57.8 Å². The number of methoxy groups -OCH3 is 6. The van der Waals surface area contributed by atoms with Crippen LogP contribution < -0.4 is 5.46 Å². The number of hydrogen-bond donors (Lipinski definition) is 0. The predicted molar refractivity (Wildman–Crippen MR) is 302 cm³/mol. The Hall–Kier alpha value is -5.28. The Morgan fingerprint density at radius 3 is 0.833 bits per heavy atom. The minimum absolute atomic E-state index is 0.321. The van der Waals surface area contributed by atoms with Crippen molar-refractivity contribution in [1.82, 2.24) is 0 Å². The fourth-order valence-electron chi connectivity index (χ4n) is 9.28. The van der Waals surface area contributed by atoms with Gasteiger partial charge in [-0.3, -0.25) is 0 Å². The Morgan fingerprint density at radius 2 is 0.583 bits per heavy atom. The molecule has 0 aliphatic carbocycles. The highest BCUT2D eigenvalue weighted by molar-refractivity contribution is 9.11. The molecule has 8 nitrogen and oxygen atoms in total. The zero-order valence-corrected chi connectivity index (χ0v) is 45.7. The summed E-state index contributed by atoms with van der Waals surface area (Å²) in [5, 5.41) is 9.83. The molecule has 0 bridgehead atoms. The van der Waals surface area contributed by atoms with Gasteiger partial charge < -0.3 is 37.7 Å². The fourth-order valence-corrected chi connectivity index (χ4v) is 10.7. The smallest absolute Gasteiger partial charge is 0.399 e. The first-order valence-corrected chi connectivity index (χ1v) is 25.4. The van der Waals surface area contributed by atoms with E-state index in [0.29, 0.717) is 0 Å². The first kappa shape index (κ1) is 53.0. The number of halogens is 2. The molecule has 1 heterocycles. The quantitative estimate of drug-likeness (QED) is 0.0681. The van der Waals surface area contributed by atoms with Crippen LogP contribution in [0.1, 0.15) is 63.3 Å². The number of benzene rings is 9. The topological polar surface area (TPSA) is 73.8 Å². The van der Waals surface area contributed by atoms with E-state index in [1.165, 1.54) is 63.2 Å². The van der Waals surface area contributed by atoms with E-state index < -0.39 is 0 Å². The zero-order chi connectivity index (χ0) is 51.2. The molecule has 0 spiro atoms. The summed E-state index contributed by atoms with van der Waals surface area (Å²) >= 11 is 7.39. The van der Waals surface area contributed by atoms with E-state index in [0.717, 1.165) is 33.3 Å². The molecule has 0 atom stereocenters. The van der Waals surface area contributed by atoms with Crippen LogP contribution in [0.15, 0.2) is 179 Å². The van der Waals surface area contributed by atoms with Crippen molar-refractivity contribution in [3.05, 3.63) is 195 Å². The molecule has 0 saturated carbocycles. The molecule has 1 aliphatic heterocycles. The lowest BCUT2D eigenvalue weighted by atomic mass is 9.79. The standard InChI is InChI=1S/C32H30O4.C15H23BO4.C14H8Br2/c1-33-31(34-2)23-17-13-21(14-18-23)29-25-9-5-7-11-27(25)30(28-12-8-6-10-26(28)29)22-15-19-24(20-16-22)32(35-3)36-4;1-14(2)15(3,4)20-16(19-14)12-9-7-11(8-10-12)13(17-5)18-6;15-13-9-5-1-2-6-10(9)14(16)12-8-4-3-7-11(12)13/h5-20,31-32H,1-4H3;7-10,13H,1-6H3;1-8H. The molecular weight excluding hydrogens is 1030 g/mol. The molecule has 10 rings (SSSR count). The Morgan fingerprint density at radius 1 is 0.347 bits per heavy atom. The first-order valence-electron chi connectivity index (χ1n) is 23.8. The third-order valence-corrected chi connectivity index (χ3v) is 15.4. The number of rotatable bonds is 12. The summed E-state index contributed by atoms with van der Waals surface area (Å²) in [4.78, 5) is 0. The van der Waals surface area contributed by atoms with E-state index in [4.69, 9.17) is 37.7 Å². The molecule has 0 amide bonds. The summed E-state index contributed by atoms with van der Waals surface area (Å²) in [6, 6.07) is 58.9. The second-order valence-corrected chi connectivity index (χ2v) is 20.1. The molecule has 370 valence electrons. The first-order chi connectivity index (χ1) is 34.8. The van der Waals surface area contributed by atoms with Crippen LogP contribution in [0.25, 0.3) is 65.3 Å². The highest BCUT2D eigenvalue weighted by Crippen LogP contribution is 2.44. The Kier molecular flexibility index (Phi) is 17.2. The molecule has 0 radical (unpaired) electrons. The van der Waals surface area contributed by atoms with E-state index in [2.05, 4.69) is 177 Å². The molecule has 1 fully saturated rings. The largest absolute Gasteiger partial charge is 0.494 e. The molecule has 0 unspecified atom stereocenters. The minimum atomic E-state index is -0.381. The zero-order valence-electron chi connectivity index (χ0n) is 42.5. The SMILES string of the molecule is Brc1c2ccccc2c(Br)c2ccccc12.COC(OC)c1ccc(-c2c3ccccc3c(-c3ccc(C(OC)OC)cc3)c3ccccc23)cc1.COC(OC)c1ccc(B2OC(C)(C)C(C)(C)O2)cc1. The summed E-state index contributed by atoms with van der Waals surface area (Å²) in [5.41, 5.74) is 8.05. The van der Waals surface area contributed by atoms with Crippen LogP contribution in [0.2, 0.25) is 0 Å². The minimum Gasteiger partial charge on any atom is -0.399 e. The summed E-state index contributed by atoms with van der Waals surface area (Å²) in [7, 11) is 9.51. The maximum atomic E-state index is 6.02. The molecule has 0 N–H and O–H groups in total. The van der Waals surface area contributed by atoms with Gasteiger partial charge in [0.05, 0.1) is 11.2 Å². The van der Waals surface area contributed by atoms with Gasteiger partial charge in [-0.15, -0.1) is 0 Å². The monoisotopic (exact) mass is 1090 g/mol. The molecular formula is C61H61BBr2O8. The lowest BCUT2D eigenvalue weighted by Gasteiger charge is -2.32. The van der Waals surface area contributed by atoms with Gasteiger partial charge >= 0.3 is 7.12 Å². The molecule has 72 heavy (non-hydrogen) atoms. The summed E-state index contributed by atoms with van der Waals surface area (Å²) in [6.45, 7) is 8.20. The van der Waals surface area contributed by atoms with Crippen LogP contribution in [-0.2, 0) is 37.7 Å². The third-order valence-electron chi connectivity index (χ3n) is 13.7.